The molecule has 0 radical (unpaired) electrons. The molecule has 0 fully saturated rings. The van der Waals surface area contributed by atoms with Crippen LogP contribution in [-0.4, -0.2) is 15.1 Å². The highest BCUT2D eigenvalue weighted by molar-refractivity contribution is 5.71. The van der Waals surface area contributed by atoms with E-state index in [9.17, 15) is 10.1 Å². The number of nitrogens with zero attached hydrogens (tertiary/aromatic N) is 3. The van der Waals surface area contributed by atoms with Gasteiger partial charge in [0, 0.05) is 6.07 Å². The van der Waals surface area contributed by atoms with Crippen molar-refractivity contribution in [1.29, 1.82) is 0 Å². The molecule has 2 aromatic rings. The SMILES string of the molecule is O=[N+]([O-])c1ccccc1C=Cc1ncon1. The number of benzene rings is 1. The van der Waals surface area contributed by atoms with E-state index in [-0.39, 0.29) is 5.69 Å². The highest BCUT2D eigenvalue weighted by Gasteiger charge is 2.09. The number of hydrogen-bond acceptors (Lipinski definition) is 5. The molecule has 0 spiro atoms. The molecule has 1 aromatic carbocycles. The quantitative estimate of drug-likeness (QED) is 0.581. The third kappa shape index (κ3) is 2.11. The van der Waals surface area contributed by atoms with Gasteiger partial charge in [0.05, 0.1) is 10.5 Å². The lowest BCUT2D eigenvalue weighted by molar-refractivity contribution is -0.385. The van der Waals surface area contributed by atoms with Gasteiger partial charge in [-0.1, -0.05) is 17.3 Å². The molecule has 16 heavy (non-hydrogen) atoms. The van der Waals surface area contributed by atoms with Crippen molar-refractivity contribution in [1.82, 2.24) is 10.1 Å². The van der Waals surface area contributed by atoms with Gasteiger partial charge in [-0.3, -0.25) is 10.1 Å². The molecular formula is C10H7N3O3. The normalized spacial score (nSPS) is 10.8. The summed E-state index contributed by atoms with van der Waals surface area (Å²) in [4.78, 5) is 14.0. The average Bonchev–Trinajstić information content (AvgIpc) is 2.79. The van der Waals surface area contributed by atoms with Gasteiger partial charge in [-0.2, -0.15) is 4.98 Å². The Bertz CT molecular complexity index is 520. The molecule has 80 valence electrons. The highest BCUT2D eigenvalue weighted by Crippen LogP contribution is 2.19. The van der Waals surface area contributed by atoms with Crippen LogP contribution in [0.4, 0.5) is 5.69 Å². The Morgan fingerprint density at radius 1 is 1.31 bits per heavy atom. The van der Waals surface area contributed by atoms with Gasteiger partial charge in [-0.25, -0.2) is 0 Å². The number of aromatic nitrogens is 2. The van der Waals surface area contributed by atoms with Crippen molar-refractivity contribution >= 4 is 17.8 Å². The number of hydrogen-bond donors (Lipinski definition) is 0. The van der Waals surface area contributed by atoms with Gasteiger partial charge in [-0.15, -0.1) is 0 Å². The van der Waals surface area contributed by atoms with E-state index in [1.807, 2.05) is 0 Å². The van der Waals surface area contributed by atoms with Crippen molar-refractivity contribution in [3.05, 3.63) is 52.2 Å². The maximum atomic E-state index is 10.7. The first-order valence-electron chi connectivity index (χ1n) is 4.45. The van der Waals surface area contributed by atoms with Crippen molar-refractivity contribution in [2.45, 2.75) is 0 Å². The molecule has 0 saturated carbocycles. The Morgan fingerprint density at radius 3 is 2.81 bits per heavy atom. The molecule has 2 rings (SSSR count). The van der Waals surface area contributed by atoms with Gasteiger partial charge in [-0.05, 0) is 18.2 Å². The van der Waals surface area contributed by atoms with E-state index < -0.39 is 4.92 Å². The summed E-state index contributed by atoms with van der Waals surface area (Å²) in [5.74, 6) is 0.373. The summed E-state index contributed by atoms with van der Waals surface area (Å²) in [5.41, 5.74) is 0.541. The minimum atomic E-state index is -0.435. The second-order valence-corrected chi connectivity index (χ2v) is 2.94. The zero-order valence-corrected chi connectivity index (χ0v) is 8.11. The van der Waals surface area contributed by atoms with Crippen LogP contribution in [0.5, 0.6) is 0 Å². The first kappa shape index (κ1) is 10.0. The van der Waals surface area contributed by atoms with E-state index in [4.69, 9.17) is 0 Å². The van der Waals surface area contributed by atoms with E-state index in [2.05, 4.69) is 14.7 Å². The Balaban J connectivity index is 2.31. The monoisotopic (exact) mass is 217 g/mol. The third-order valence-corrected chi connectivity index (χ3v) is 1.92. The fraction of sp³-hybridized carbons (Fsp3) is 0. The molecule has 1 heterocycles. The summed E-state index contributed by atoms with van der Waals surface area (Å²) in [6.07, 6.45) is 4.31. The molecule has 6 nitrogen and oxygen atoms in total. The maximum Gasteiger partial charge on any atom is 0.276 e. The van der Waals surface area contributed by atoms with Gasteiger partial charge in [0.2, 0.25) is 6.39 Å². The van der Waals surface area contributed by atoms with E-state index >= 15 is 0 Å². The highest BCUT2D eigenvalue weighted by atomic mass is 16.6. The molecule has 0 aliphatic heterocycles. The lowest BCUT2D eigenvalue weighted by Crippen LogP contribution is -1.90. The number of para-hydroxylation sites is 1. The Morgan fingerprint density at radius 2 is 2.12 bits per heavy atom. The number of rotatable bonds is 3. The fourth-order valence-corrected chi connectivity index (χ4v) is 1.21. The summed E-state index contributed by atoms with van der Waals surface area (Å²) >= 11 is 0. The predicted octanol–water partition coefficient (Wildman–Crippen LogP) is 2.15. The Kier molecular flexibility index (Phi) is 2.73. The smallest absolute Gasteiger partial charge is 0.276 e. The van der Waals surface area contributed by atoms with Crippen LogP contribution >= 0.6 is 0 Å². The molecule has 0 amide bonds. The Labute approximate surface area is 90.4 Å². The van der Waals surface area contributed by atoms with Crippen LogP contribution in [0.1, 0.15) is 11.4 Å². The fourth-order valence-electron chi connectivity index (χ4n) is 1.21. The van der Waals surface area contributed by atoms with Crippen LogP contribution in [-0.2, 0) is 0 Å². The van der Waals surface area contributed by atoms with Crippen LogP contribution < -0.4 is 0 Å². The predicted molar refractivity (Wildman–Crippen MR) is 56.3 cm³/mol. The Hall–Kier alpha value is -2.50. The molecule has 0 N–H and O–H groups in total. The van der Waals surface area contributed by atoms with E-state index in [1.54, 1.807) is 30.4 Å². The average molecular weight is 217 g/mol. The van der Waals surface area contributed by atoms with Gasteiger partial charge in [0.25, 0.3) is 5.69 Å². The second-order valence-electron chi connectivity index (χ2n) is 2.94. The lowest BCUT2D eigenvalue weighted by atomic mass is 10.1. The molecule has 0 aliphatic carbocycles. The lowest BCUT2D eigenvalue weighted by Gasteiger charge is -1.95. The van der Waals surface area contributed by atoms with E-state index in [0.29, 0.717) is 11.4 Å². The van der Waals surface area contributed by atoms with Gasteiger partial charge in [0.15, 0.2) is 5.82 Å². The van der Waals surface area contributed by atoms with Crippen LogP contribution in [0.3, 0.4) is 0 Å². The zero-order chi connectivity index (χ0) is 11.4. The summed E-state index contributed by atoms with van der Waals surface area (Å²) in [5, 5.41) is 14.3. The van der Waals surface area contributed by atoms with Crippen molar-refractivity contribution in [3.63, 3.8) is 0 Å². The number of nitro groups is 1. The standard InChI is InChI=1S/C10H7N3O3/c14-13(15)9-4-2-1-3-8(9)5-6-10-11-7-16-12-10/h1-7H. The summed E-state index contributed by atoms with van der Waals surface area (Å²) < 4.78 is 4.53. The van der Waals surface area contributed by atoms with Crippen LogP contribution in [0.25, 0.3) is 12.2 Å². The first-order valence-corrected chi connectivity index (χ1v) is 4.45. The molecule has 6 heteroatoms. The minimum absolute atomic E-state index is 0.0437. The van der Waals surface area contributed by atoms with Crippen LogP contribution in [0, 0.1) is 10.1 Å². The largest absolute Gasteiger partial charge is 0.342 e. The van der Waals surface area contributed by atoms with Gasteiger partial charge >= 0.3 is 0 Å². The van der Waals surface area contributed by atoms with E-state index in [0.717, 1.165) is 0 Å². The maximum absolute atomic E-state index is 10.7. The third-order valence-electron chi connectivity index (χ3n) is 1.92. The van der Waals surface area contributed by atoms with Crippen LogP contribution in [0.2, 0.25) is 0 Å². The molecular weight excluding hydrogens is 210 g/mol. The van der Waals surface area contributed by atoms with Gasteiger partial charge < -0.3 is 4.52 Å². The molecule has 0 atom stereocenters. The minimum Gasteiger partial charge on any atom is -0.342 e. The summed E-state index contributed by atoms with van der Waals surface area (Å²) in [6, 6.07) is 6.43. The van der Waals surface area contributed by atoms with E-state index in [1.165, 1.54) is 12.5 Å². The van der Waals surface area contributed by atoms with Crippen molar-refractivity contribution in [2.24, 2.45) is 0 Å². The molecule has 0 aliphatic rings. The first-order chi connectivity index (χ1) is 7.77. The topological polar surface area (TPSA) is 82.1 Å². The van der Waals surface area contributed by atoms with Crippen molar-refractivity contribution < 1.29 is 9.45 Å². The molecule has 0 bridgehead atoms. The number of nitro benzene ring substituents is 1. The summed E-state index contributed by atoms with van der Waals surface area (Å²) in [7, 11) is 0. The second kappa shape index (κ2) is 4.35. The molecule has 0 saturated heterocycles. The van der Waals surface area contributed by atoms with Gasteiger partial charge in [0.1, 0.15) is 0 Å². The van der Waals surface area contributed by atoms with Crippen molar-refractivity contribution in [3.8, 4) is 0 Å². The zero-order valence-electron chi connectivity index (χ0n) is 8.11. The molecule has 0 unspecified atom stereocenters. The molecule has 1 aromatic heterocycles. The van der Waals surface area contributed by atoms with Crippen molar-refractivity contribution in [2.75, 3.05) is 0 Å². The van der Waals surface area contributed by atoms with Crippen LogP contribution in [0.15, 0.2) is 35.2 Å². The summed E-state index contributed by atoms with van der Waals surface area (Å²) in [6.45, 7) is 0.